The number of nitrogens with zero attached hydrogens (tertiary/aromatic N) is 1. The number of halogens is 1. The van der Waals surface area contributed by atoms with Gasteiger partial charge in [0.1, 0.15) is 0 Å². The number of thiophene rings is 1. The topological polar surface area (TPSA) is 15.3 Å². The van der Waals surface area contributed by atoms with E-state index in [0.29, 0.717) is 5.54 Å². The molecule has 0 bridgehead atoms. The second-order valence-electron chi connectivity index (χ2n) is 6.98. The minimum atomic E-state index is 0.283. The predicted octanol–water partition coefficient (Wildman–Crippen LogP) is 4.25. The molecule has 1 aliphatic heterocycles. The molecule has 2 aliphatic rings. The summed E-state index contributed by atoms with van der Waals surface area (Å²) in [6, 6.07) is 2.28. The van der Waals surface area contributed by atoms with Gasteiger partial charge < -0.3 is 5.32 Å². The largest absolute Gasteiger partial charge is 0.308 e. The van der Waals surface area contributed by atoms with Gasteiger partial charge >= 0.3 is 0 Å². The smallest absolute Gasteiger partial charge is 0.0335 e. The third kappa shape index (κ3) is 2.85. The lowest BCUT2D eigenvalue weighted by molar-refractivity contribution is 0.00496. The average molecular weight is 357 g/mol. The molecule has 1 aromatic rings. The van der Waals surface area contributed by atoms with Crippen LogP contribution in [0, 0.1) is 5.92 Å². The summed E-state index contributed by atoms with van der Waals surface area (Å²) in [5.41, 5.74) is 0.605. The Bertz CT molecular complexity index is 485. The van der Waals surface area contributed by atoms with Crippen molar-refractivity contribution in [2.45, 2.75) is 57.7 Å². The second-order valence-corrected chi connectivity index (χ2v) is 8.89. The quantitative estimate of drug-likeness (QED) is 0.867. The zero-order valence-electron chi connectivity index (χ0n) is 12.7. The molecule has 2 atom stereocenters. The third-order valence-electron chi connectivity index (χ3n) is 5.36. The van der Waals surface area contributed by atoms with Crippen molar-refractivity contribution >= 4 is 27.3 Å². The molecule has 0 amide bonds. The van der Waals surface area contributed by atoms with Crippen LogP contribution in [0.15, 0.2) is 15.9 Å². The van der Waals surface area contributed by atoms with Gasteiger partial charge in [0, 0.05) is 45.4 Å². The summed E-state index contributed by atoms with van der Waals surface area (Å²) in [5, 5.41) is 6.07. The van der Waals surface area contributed by atoms with Crippen LogP contribution >= 0.6 is 27.3 Å². The van der Waals surface area contributed by atoms with E-state index in [0.717, 1.165) is 19.0 Å². The average Bonchev–Trinajstić information content (AvgIpc) is 3.20. The summed E-state index contributed by atoms with van der Waals surface area (Å²) in [6.45, 7) is 10.5. The Balaban J connectivity index is 1.78. The Kier molecular flexibility index (Phi) is 4.04. The van der Waals surface area contributed by atoms with Gasteiger partial charge in [0.2, 0.25) is 0 Å². The minimum absolute atomic E-state index is 0.283. The van der Waals surface area contributed by atoms with Crippen LogP contribution in [0.3, 0.4) is 0 Å². The molecule has 112 valence electrons. The van der Waals surface area contributed by atoms with Crippen molar-refractivity contribution in [2.75, 3.05) is 13.1 Å². The highest BCUT2D eigenvalue weighted by molar-refractivity contribution is 9.10. The Morgan fingerprint density at radius 3 is 2.75 bits per heavy atom. The zero-order chi connectivity index (χ0) is 14.4. The van der Waals surface area contributed by atoms with Crippen molar-refractivity contribution in [3.05, 3.63) is 20.8 Å². The van der Waals surface area contributed by atoms with Crippen molar-refractivity contribution in [1.82, 2.24) is 10.2 Å². The molecule has 2 fully saturated rings. The molecule has 1 saturated carbocycles. The summed E-state index contributed by atoms with van der Waals surface area (Å²) < 4.78 is 1.22. The number of hydrogen-bond donors (Lipinski definition) is 1. The lowest BCUT2D eigenvalue weighted by Gasteiger charge is -2.52. The molecule has 2 heterocycles. The molecular formula is C16H25BrN2S. The first-order valence-electron chi connectivity index (χ1n) is 7.68. The van der Waals surface area contributed by atoms with Gasteiger partial charge in [-0.25, -0.2) is 0 Å². The van der Waals surface area contributed by atoms with Crippen LogP contribution in [0.25, 0.3) is 0 Å². The molecule has 1 aliphatic carbocycles. The van der Waals surface area contributed by atoms with E-state index in [4.69, 9.17) is 0 Å². The molecule has 1 N–H and O–H groups in total. The SMILES string of the molecule is CCC1(C)CNC(C)(C2CC2)CN1Cc1cc(Br)cs1. The Morgan fingerprint density at radius 2 is 2.20 bits per heavy atom. The van der Waals surface area contributed by atoms with Crippen LogP contribution in [0.4, 0.5) is 0 Å². The first kappa shape index (κ1) is 15.0. The molecule has 2 nitrogen and oxygen atoms in total. The van der Waals surface area contributed by atoms with Gasteiger partial charge in [-0.15, -0.1) is 11.3 Å². The number of nitrogens with one attached hydrogen (secondary N) is 1. The van der Waals surface area contributed by atoms with Gasteiger partial charge in [0.15, 0.2) is 0 Å². The highest BCUT2D eigenvalue weighted by Crippen LogP contribution is 2.43. The molecule has 0 aromatic carbocycles. The van der Waals surface area contributed by atoms with Gasteiger partial charge in [0.25, 0.3) is 0 Å². The van der Waals surface area contributed by atoms with E-state index >= 15 is 0 Å². The maximum absolute atomic E-state index is 3.87. The van der Waals surface area contributed by atoms with E-state index in [1.807, 2.05) is 11.3 Å². The Morgan fingerprint density at radius 1 is 1.45 bits per heavy atom. The number of rotatable bonds is 4. The minimum Gasteiger partial charge on any atom is -0.308 e. The summed E-state index contributed by atoms with van der Waals surface area (Å²) in [6.07, 6.45) is 4.02. The molecule has 1 aromatic heterocycles. The van der Waals surface area contributed by atoms with Crippen molar-refractivity contribution < 1.29 is 0 Å². The third-order valence-corrected chi connectivity index (χ3v) is 7.05. The lowest BCUT2D eigenvalue weighted by Crippen LogP contribution is -2.68. The van der Waals surface area contributed by atoms with E-state index < -0.39 is 0 Å². The normalized spacial score (nSPS) is 35.4. The first-order chi connectivity index (χ1) is 9.45. The van der Waals surface area contributed by atoms with Crippen LogP contribution in [-0.2, 0) is 6.54 Å². The molecular weight excluding hydrogens is 332 g/mol. The number of piperazine rings is 1. The van der Waals surface area contributed by atoms with Gasteiger partial charge in [-0.1, -0.05) is 6.92 Å². The highest BCUT2D eigenvalue weighted by atomic mass is 79.9. The van der Waals surface area contributed by atoms with Crippen LogP contribution in [0.1, 0.15) is 44.9 Å². The Hall–Kier alpha value is 0.1000. The summed E-state index contributed by atoms with van der Waals surface area (Å²) in [4.78, 5) is 4.19. The molecule has 1 saturated heterocycles. The summed E-state index contributed by atoms with van der Waals surface area (Å²) in [7, 11) is 0. The maximum atomic E-state index is 3.87. The fourth-order valence-corrected chi connectivity index (χ4v) is 4.83. The van der Waals surface area contributed by atoms with Gasteiger partial charge in [-0.3, -0.25) is 4.90 Å². The molecule has 3 rings (SSSR count). The molecule has 2 unspecified atom stereocenters. The van der Waals surface area contributed by atoms with E-state index in [1.165, 1.54) is 35.2 Å². The number of hydrogen-bond acceptors (Lipinski definition) is 3. The van der Waals surface area contributed by atoms with E-state index in [9.17, 15) is 0 Å². The summed E-state index contributed by atoms with van der Waals surface area (Å²) >= 11 is 5.45. The van der Waals surface area contributed by atoms with Crippen molar-refractivity contribution in [1.29, 1.82) is 0 Å². The molecule has 20 heavy (non-hydrogen) atoms. The van der Waals surface area contributed by atoms with Crippen LogP contribution in [0.5, 0.6) is 0 Å². The molecule has 0 spiro atoms. The monoisotopic (exact) mass is 356 g/mol. The Labute approximate surface area is 135 Å². The van der Waals surface area contributed by atoms with Gasteiger partial charge in [0.05, 0.1) is 0 Å². The van der Waals surface area contributed by atoms with Gasteiger partial charge in [-0.05, 0) is 61.0 Å². The van der Waals surface area contributed by atoms with Gasteiger partial charge in [-0.2, -0.15) is 0 Å². The van der Waals surface area contributed by atoms with Crippen LogP contribution in [0.2, 0.25) is 0 Å². The fourth-order valence-electron chi connectivity index (χ4n) is 3.36. The van der Waals surface area contributed by atoms with E-state index in [2.05, 4.69) is 58.4 Å². The summed E-state index contributed by atoms with van der Waals surface area (Å²) in [5.74, 6) is 0.890. The standard InChI is InChI=1S/C16H25BrN2S/c1-4-15(2)10-18-16(3,12-5-6-12)11-19(15)8-14-7-13(17)9-20-14/h7,9,12,18H,4-6,8,10-11H2,1-3H3. The van der Waals surface area contributed by atoms with Crippen LogP contribution < -0.4 is 5.32 Å². The van der Waals surface area contributed by atoms with E-state index in [-0.39, 0.29) is 5.54 Å². The van der Waals surface area contributed by atoms with Crippen LogP contribution in [-0.4, -0.2) is 29.1 Å². The highest BCUT2D eigenvalue weighted by Gasteiger charge is 2.48. The molecule has 4 heteroatoms. The zero-order valence-corrected chi connectivity index (χ0v) is 15.1. The van der Waals surface area contributed by atoms with E-state index in [1.54, 1.807) is 0 Å². The van der Waals surface area contributed by atoms with Crippen molar-refractivity contribution in [2.24, 2.45) is 5.92 Å². The molecule has 0 radical (unpaired) electrons. The predicted molar refractivity (Wildman–Crippen MR) is 90.3 cm³/mol. The fraction of sp³-hybridized carbons (Fsp3) is 0.750. The first-order valence-corrected chi connectivity index (χ1v) is 9.35. The van der Waals surface area contributed by atoms with Crippen molar-refractivity contribution in [3.63, 3.8) is 0 Å². The second kappa shape index (κ2) is 5.38. The lowest BCUT2D eigenvalue weighted by atomic mass is 9.84. The maximum Gasteiger partial charge on any atom is 0.0335 e. The van der Waals surface area contributed by atoms with Crippen molar-refractivity contribution in [3.8, 4) is 0 Å².